The predicted octanol–water partition coefficient (Wildman–Crippen LogP) is 3.75. The van der Waals surface area contributed by atoms with Gasteiger partial charge >= 0.3 is 6.03 Å². The van der Waals surface area contributed by atoms with Gasteiger partial charge in [-0.25, -0.2) is 4.79 Å². The number of nitrogen functional groups attached to an aromatic ring is 1. The average molecular weight is 263 g/mol. The first-order chi connectivity index (χ1) is 9.15. The van der Waals surface area contributed by atoms with Gasteiger partial charge in [0.05, 0.1) is 0 Å². The molecule has 0 saturated heterocycles. The second kappa shape index (κ2) is 8.40. The SMILES string of the molecule is CCCCC(CCC)NC(=O)Nc1ccc(N)cc1. The molecule has 4 heteroatoms. The lowest BCUT2D eigenvalue weighted by atomic mass is 10.1. The minimum Gasteiger partial charge on any atom is -0.399 e. The lowest BCUT2D eigenvalue weighted by Gasteiger charge is -2.18. The number of hydrogen-bond donors (Lipinski definition) is 3. The second-order valence-electron chi connectivity index (χ2n) is 4.85. The fraction of sp³-hybridized carbons (Fsp3) is 0.533. The first-order valence-corrected chi connectivity index (χ1v) is 7.08. The molecule has 0 aliphatic rings. The summed E-state index contributed by atoms with van der Waals surface area (Å²) in [5, 5.41) is 5.86. The van der Waals surface area contributed by atoms with Crippen LogP contribution in [0.3, 0.4) is 0 Å². The number of urea groups is 1. The molecule has 0 heterocycles. The van der Waals surface area contributed by atoms with Gasteiger partial charge in [0.25, 0.3) is 0 Å². The Labute approximate surface area is 115 Å². The zero-order valence-electron chi connectivity index (χ0n) is 11.9. The zero-order chi connectivity index (χ0) is 14.1. The molecule has 0 spiro atoms. The van der Waals surface area contributed by atoms with E-state index in [1.54, 1.807) is 24.3 Å². The molecule has 4 N–H and O–H groups in total. The molecule has 0 bridgehead atoms. The second-order valence-corrected chi connectivity index (χ2v) is 4.85. The minimum absolute atomic E-state index is 0.140. The number of nitrogens with two attached hydrogens (primary N) is 1. The van der Waals surface area contributed by atoms with Crippen LogP contribution in [0.2, 0.25) is 0 Å². The third-order valence-electron chi connectivity index (χ3n) is 3.05. The van der Waals surface area contributed by atoms with Crippen molar-refractivity contribution < 1.29 is 4.79 Å². The number of anilines is 2. The largest absolute Gasteiger partial charge is 0.399 e. The Hall–Kier alpha value is -1.71. The monoisotopic (exact) mass is 263 g/mol. The van der Waals surface area contributed by atoms with E-state index in [-0.39, 0.29) is 12.1 Å². The molecule has 1 atom stereocenters. The summed E-state index contributed by atoms with van der Waals surface area (Å²) < 4.78 is 0. The third kappa shape index (κ3) is 6.13. The van der Waals surface area contributed by atoms with Crippen LogP contribution in [0, 0.1) is 0 Å². The van der Waals surface area contributed by atoms with E-state index in [0.717, 1.165) is 37.8 Å². The minimum atomic E-state index is -0.140. The fourth-order valence-corrected chi connectivity index (χ4v) is 2.01. The van der Waals surface area contributed by atoms with E-state index < -0.39 is 0 Å². The average Bonchev–Trinajstić information content (AvgIpc) is 2.39. The molecule has 106 valence electrons. The normalized spacial score (nSPS) is 11.9. The molecular formula is C15H25N3O. The lowest BCUT2D eigenvalue weighted by Crippen LogP contribution is -2.37. The molecule has 1 aromatic carbocycles. The number of carbonyl (C=O) groups is 1. The topological polar surface area (TPSA) is 67.2 Å². The maximum absolute atomic E-state index is 11.9. The molecule has 19 heavy (non-hydrogen) atoms. The highest BCUT2D eigenvalue weighted by Crippen LogP contribution is 2.11. The summed E-state index contributed by atoms with van der Waals surface area (Å²) in [5.41, 5.74) is 7.06. The third-order valence-corrected chi connectivity index (χ3v) is 3.05. The Morgan fingerprint density at radius 3 is 2.42 bits per heavy atom. The van der Waals surface area contributed by atoms with Gasteiger partial charge in [-0.2, -0.15) is 0 Å². The maximum Gasteiger partial charge on any atom is 0.319 e. The Morgan fingerprint density at radius 2 is 1.84 bits per heavy atom. The van der Waals surface area contributed by atoms with E-state index in [2.05, 4.69) is 24.5 Å². The van der Waals surface area contributed by atoms with E-state index in [1.807, 2.05) is 0 Å². The van der Waals surface area contributed by atoms with Crippen LogP contribution in [0.25, 0.3) is 0 Å². The molecule has 1 rings (SSSR count). The smallest absolute Gasteiger partial charge is 0.319 e. The number of carbonyl (C=O) groups excluding carboxylic acids is 1. The van der Waals surface area contributed by atoms with Crippen LogP contribution in [0.15, 0.2) is 24.3 Å². The van der Waals surface area contributed by atoms with Crippen molar-refractivity contribution in [1.29, 1.82) is 0 Å². The number of hydrogen-bond acceptors (Lipinski definition) is 2. The van der Waals surface area contributed by atoms with Crippen molar-refractivity contribution in [3.63, 3.8) is 0 Å². The van der Waals surface area contributed by atoms with Crippen LogP contribution >= 0.6 is 0 Å². The highest BCUT2D eigenvalue weighted by molar-refractivity contribution is 5.89. The first kappa shape index (κ1) is 15.3. The number of unbranched alkanes of at least 4 members (excludes halogenated alkanes) is 1. The predicted molar refractivity (Wildman–Crippen MR) is 81.2 cm³/mol. The van der Waals surface area contributed by atoms with Gasteiger partial charge in [-0.05, 0) is 37.1 Å². The van der Waals surface area contributed by atoms with Crippen molar-refractivity contribution in [3.05, 3.63) is 24.3 Å². The standard InChI is InChI=1S/C15H25N3O/c1-3-5-7-13(6-4-2)17-15(19)18-14-10-8-12(16)9-11-14/h8-11,13H,3-7,16H2,1-2H3,(H2,17,18,19). The fourth-order valence-electron chi connectivity index (χ4n) is 2.01. The van der Waals surface area contributed by atoms with Gasteiger partial charge < -0.3 is 16.4 Å². The number of benzene rings is 1. The molecule has 4 nitrogen and oxygen atoms in total. The highest BCUT2D eigenvalue weighted by atomic mass is 16.2. The molecule has 1 aromatic rings. The van der Waals surface area contributed by atoms with Crippen molar-refractivity contribution in [3.8, 4) is 0 Å². The van der Waals surface area contributed by atoms with Crippen LogP contribution in [0.5, 0.6) is 0 Å². The van der Waals surface area contributed by atoms with Gasteiger partial charge in [0, 0.05) is 17.4 Å². The Bertz CT molecular complexity index is 375. The summed E-state index contributed by atoms with van der Waals surface area (Å²) in [4.78, 5) is 11.9. The van der Waals surface area contributed by atoms with Crippen LogP contribution in [-0.4, -0.2) is 12.1 Å². The summed E-state index contributed by atoms with van der Waals surface area (Å²) in [6.07, 6.45) is 5.44. The molecule has 0 aliphatic heterocycles. The summed E-state index contributed by atoms with van der Waals surface area (Å²) in [6, 6.07) is 7.27. The van der Waals surface area contributed by atoms with Crippen LogP contribution < -0.4 is 16.4 Å². The van der Waals surface area contributed by atoms with E-state index >= 15 is 0 Å². The Balaban J connectivity index is 2.45. The maximum atomic E-state index is 11.9. The van der Waals surface area contributed by atoms with Crippen molar-refractivity contribution in [2.45, 2.75) is 52.0 Å². The van der Waals surface area contributed by atoms with E-state index in [9.17, 15) is 4.79 Å². The number of rotatable bonds is 7. The summed E-state index contributed by atoms with van der Waals surface area (Å²) in [7, 11) is 0. The lowest BCUT2D eigenvalue weighted by molar-refractivity contribution is 0.246. The molecule has 2 amide bonds. The molecule has 0 fully saturated rings. The first-order valence-electron chi connectivity index (χ1n) is 7.08. The van der Waals surface area contributed by atoms with E-state index in [4.69, 9.17) is 5.73 Å². The molecule has 0 saturated carbocycles. The molecule has 1 unspecified atom stereocenters. The van der Waals surface area contributed by atoms with Crippen LogP contribution in [-0.2, 0) is 0 Å². The van der Waals surface area contributed by atoms with Crippen molar-refractivity contribution in [2.75, 3.05) is 11.1 Å². The van der Waals surface area contributed by atoms with Crippen molar-refractivity contribution in [2.24, 2.45) is 0 Å². The van der Waals surface area contributed by atoms with Gasteiger partial charge in [0.2, 0.25) is 0 Å². The number of nitrogens with one attached hydrogen (secondary N) is 2. The van der Waals surface area contributed by atoms with Gasteiger partial charge in [-0.1, -0.05) is 33.1 Å². The molecule has 0 radical (unpaired) electrons. The quantitative estimate of drug-likeness (QED) is 0.656. The molecular weight excluding hydrogens is 238 g/mol. The summed E-state index contributed by atoms with van der Waals surface area (Å²) in [6.45, 7) is 4.30. The van der Waals surface area contributed by atoms with Crippen LogP contribution in [0.4, 0.5) is 16.2 Å². The Morgan fingerprint density at radius 1 is 1.16 bits per heavy atom. The van der Waals surface area contributed by atoms with Gasteiger partial charge in [-0.15, -0.1) is 0 Å². The van der Waals surface area contributed by atoms with Crippen molar-refractivity contribution in [1.82, 2.24) is 5.32 Å². The summed E-state index contributed by atoms with van der Waals surface area (Å²) >= 11 is 0. The van der Waals surface area contributed by atoms with E-state index in [1.165, 1.54) is 0 Å². The molecule has 0 aliphatic carbocycles. The number of amides is 2. The van der Waals surface area contributed by atoms with Crippen LogP contribution in [0.1, 0.15) is 46.0 Å². The van der Waals surface area contributed by atoms with Gasteiger partial charge in [-0.3, -0.25) is 0 Å². The van der Waals surface area contributed by atoms with E-state index in [0.29, 0.717) is 5.69 Å². The molecule has 0 aromatic heterocycles. The zero-order valence-corrected chi connectivity index (χ0v) is 11.9. The summed E-state index contributed by atoms with van der Waals surface area (Å²) in [5.74, 6) is 0. The van der Waals surface area contributed by atoms with Crippen molar-refractivity contribution >= 4 is 17.4 Å². The highest BCUT2D eigenvalue weighted by Gasteiger charge is 2.10. The van der Waals surface area contributed by atoms with Gasteiger partial charge in [0.15, 0.2) is 0 Å². The Kier molecular flexibility index (Phi) is 6.79. The van der Waals surface area contributed by atoms with Gasteiger partial charge in [0.1, 0.15) is 0 Å².